The van der Waals surface area contributed by atoms with Gasteiger partial charge in [0.25, 0.3) is 0 Å². The van der Waals surface area contributed by atoms with Crippen molar-refractivity contribution in [1.29, 1.82) is 0 Å². The van der Waals surface area contributed by atoms with Crippen molar-refractivity contribution < 1.29 is 29.3 Å². The Labute approximate surface area is 117 Å². The van der Waals surface area contributed by atoms with Crippen LogP contribution in [0, 0.1) is 5.41 Å². The van der Waals surface area contributed by atoms with Crippen LogP contribution < -0.4 is 0 Å². The Morgan fingerprint density at radius 3 is 1.75 bits per heavy atom. The number of hydrogen-bond donors (Lipinski definition) is 2. The summed E-state index contributed by atoms with van der Waals surface area (Å²) in [6, 6.07) is 0. The van der Waals surface area contributed by atoms with Gasteiger partial charge in [-0.2, -0.15) is 0 Å². The average Bonchev–Trinajstić information content (AvgIpc) is 2.45. The molecular weight excluding hydrogens is 264 g/mol. The molecule has 0 heterocycles. The summed E-state index contributed by atoms with van der Waals surface area (Å²) in [7, 11) is 0. The minimum absolute atomic E-state index is 0.388. The Balaban J connectivity index is 2.75. The summed E-state index contributed by atoms with van der Waals surface area (Å²) < 4.78 is 8.85. The first-order valence-corrected chi connectivity index (χ1v) is 6.55. The van der Waals surface area contributed by atoms with Crippen LogP contribution >= 0.6 is 0 Å². The molecule has 0 atom stereocenters. The number of aliphatic hydroxyl groups is 2. The van der Waals surface area contributed by atoms with Crippen LogP contribution in [0.4, 0.5) is 0 Å². The fourth-order valence-corrected chi connectivity index (χ4v) is 2.29. The number of ether oxygens (including phenoxy) is 2. The highest BCUT2D eigenvalue weighted by Gasteiger charge is 2.27. The van der Waals surface area contributed by atoms with E-state index < -0.39 is 25.5 Å². The zero-order valence-corrected chi connectivity index (χ0v) is 11.3. The van der Waals surface area contributed by atoms with Crippen molar-refractivity contribution in [2.45, 2.75) is 32.1 Å². The van der Waals surface area contributed by atoms with E-state index in [9.17, 15) is 9.59 Å². The third-order valence-corrected chi connectivity index (χ3v) is 3.30. The van der Waals surface area contributed by atoms with Crippen molar-refractivity contribution in [3.8, 4) is 0 Å². The molecule has 2 N–H and O–H groups in total. The van der Waals surface area contributed by atoms with E-state index in [1.54, 1.807) is 12.2 Å². The quantitative estimate of drug-likeness (QED) is 0.430. The van der Waals surface area contributed by atoms with Crippen molar-refractivity contribution in [1.82, 2.24) is 0 Å². The van der Waals surface area contributed by atoms with Gasteiger partial charge in [0.2, 0.25) is 0 Å². The maximum absolute atomic E-state index is 11.3. The lowest BCUT2D eigenvalue weighted by atomic mass is 9.73. The van der Waals surface area contributed by atoms with E-state index in [2.05, 4.69) is 9.47 Å². The molecule has 0 spiro atoms. The van der Waals surface area contributed by atoms with Crippen molar-refractivity contribution in [2.24, 2.45) is 5.41 Å². The summed E-state index contributed by atoms with van der Waals surface area (Å²) in [4.78, 5) is 22.5. The van der Waals surface area contributed by atoms with Crippen molar-refractivity contribution in [3.05, 3.63) is 24.3 Å². The number of carbonyl (C=O) groups excluding carboxylic acids is 2. The molecule has 1 rings (SSSR count). The average molecular weight is 284 g/mol. The van der Waals surface area contributed by atoms with Gasteiger partial charge in [-0.15, -0.1) is 0 Å². The molecular formula is C14H20O6. The van der Waals surface area contributed by atoms with Gasteiger partial charge in [0, 0.05) is 17.6 Å². The zero-order chi connectivity index (χ0) is 14.8. The predicted octanol–water partition coefficient (Wildman–Crippen LogP) is 1.04. The highest BCUT2D eigenvalue weighted by molar-refractivity contribution is 5.83. The Hall–Kier alpha value is -1.66. The Morgan fingerprint density at radius 1 is 0.900 bits per heavy atom. The maximum atomic E-state index is 11.3. The normalized spacial score (nSPS) is 18.3. The highest BCUT2D eigenvalue weighted by Crippen LogP contribution is 2.39. The monoisotopic (exact) mass is 284 g/mol. The van der Waals surface area contributed by atoms with Crippen LogP contribution in [-0.4, -0.2) is 35.7 Å². The first-order valence-electron chi connectivity index (χ1n) is 6.55. The molecule has 0 amide bonds. The second-order valence-corrected chi connectivity index (χ2v) is 4.65. The summed E-state index contributed by atoms with van der Waals surface area (Å²) in [6.07, 6.45) is 10.7. The molecule has 0 aromatic rings. The van der Waals surface area contributed by atoms with Crippen LogP contribution in [0.1, 0.15) is 32.1 Å². The van der Waals surface area contributed by atoms with Crippen LogP contribution in [0.25, 0.3) is 0 Å². The topological polar surface area (TPSA) is 93.1 Å². The maximum Gasteiger partial charge on any atom is 0.332 e. The van der Waals surface area contributed by atoms with Crippen molar-refractivity contribution in [2.75, 3.05) is 13.6 Å². The van der Waals surface area contributed by atoms with E-state index in [1.807, 2.05) is 0 Å². The third-order valence-electron chi connectivity index (χ3n) is 3.30. The van der Waals surface area contributed by atoms with Crippen LogP contribution in [0.5, 0.6) is 0 Å². The Morgan fingerprint density at radius 2 is 1.35 bits per heavy atom. The molecule has 0 bridgehead atoms. The van der Waals surface area contributed by atoms with Gasteiger partial charge in [0.1, 0.15) is 0 Å². The smallest absolute Gasteiger partial charge is 0.332 e. The molecule has 0 aromatic heterocycles. The molecule has 0 aromatic carbocycles. The Bertz CT molecular complexity index is 349. The minimum atomic E-state index is -0.658. The second kappa shape index (κ2) is 8.50. The molecule has 1 fully saturated rings. The van der Waals surface area contributed by atoms with Gasteiger partial charge in [0.15, 0.2) is 13.6 Å². The zero-order valence-electron chi connectivity index (χ0n) is 11.3. The molecule has 6 heteroatoms. The number of aliphatic hydroxyl groups excluding tert-OH is 2. The molecule has 112 valence electrons. The molecule has 1 saturated carbocycles. The number of rotatable bonds is 6. The first-order chi connectivity index (χ1) is 9.62. The number of carbonyl (C=O) groups is 2. The van der Waals surface area contributed by atoms with Gasteiger partial charge in [-0.25, -0.2) is 9.59 Å². The fourth-order valence-electron chi connectivity index (χ4n) is 2.29. The molecule has 0 aliphatic heterocycles. The third kappa shape index (κ3) is 5.54. The van der Waals surface area contributed by atoms with Crippen LogP contribution in [0.15, 0.2) is 24.3 Å². The predicted molar refractivity (Wildman–Crippen MR) is 70.2 cm³/mol. The molecule has 0 saturated heterocycles. The standard InChI is InChI=1S/C14H20O6/c15-10-19-12(17)4-8-14(6-2-1-3-7-14)9-5-13(18)20-11-16/h4-5,8-9,15-16H,1-3,6-7,10-11H2. The van der Waals surface area contributed by atoms with Gasteiger partial charge < -0.3 is 19.7 Å². The molecule has 0 radical (unpaired) electrons. The molecule has 6 nitrogen and oxygen atoms in total. The first kappa shape index (κ1) is 16.4. The van der Waals surface area contributed by atoms with E-state index in [0.717, 1.165) is 32.1 Å². The number of hydrogen-bond acceptors (Lipinski definition) is 6. The second-order valence-electron chi connectivity index (χ2n) is 4.65. The molecule has 1 aliphatic carbocycles. The lowest BCUT2D eigenvalue weighted by molar-refractivity contribution is -0.146. The van der Waals surface area contributed by atoms with E-state index >= 15 is 0 Å². The number of allylic oxidation sites excluding steroid dienone is 2. The fraction of sp³-hybridized carbons (Fsp3) is 0.571. The van der Waals surface area contributed by atoms with E-state index in [4.69, 9.17) is 10.2 Å². The summed E-state index contributed by atoms with van der Waals surface area (Å²) in [5.41, 5.74) is -0.388. The van der Waals surface area contributed by atoms with Gasteiger partial charge >= 0.3 is 11.9 Å². The van der Waals surface area contributed by atoms with Gasteiger partial charge in [-0.3, -0.25) is 0 Å². The minimum Gasteiger partial charge on any atom is -0.436 e. The van der Waals surface area contributed by atoms with E-state index in [0.29, 0.717) is 0 Å². The molecule has 0 unspecified atom stereocenters. The van der Waals surface area contributed by atoms with Crippen molar-refractivity contribution in [3.63, 3.8) is 0 Å². The SMILES string of the molecule is O=C(C=CC1(C=CC(=O)OCO)CCCCC1)OCO. The van der Waals surface area contributed by atoms with Crippen LogP contribution in [0.2, 0.25) is 0 Å². The van der Waals surface area contributed by atoms with Gasteiger partial charge in [-0.1, -0.05) is 31.4 Å². The molecule has 20 heavy (non-hydrogen) atoms. The Kier molecular flexibility index (Phi) is 6.97. The largest absolute Gasteiger partial charge is 0.436 e. The highest BCUT2D eigenvalue weighted by atomic mass is 16.6. The number of esters is 2. The summed E-state index contributed by atoms with van der Waals surface area (Å²) in [5, 5.41) is 17.0. The lowest BCUT2D eigenvalue weighted by Crippen LogP contribution is -2.20. The summed E-state index contributed by atoms with van der Waals surface area (Å²) >= 11 is 0. The van der Waals surface area contributed by atoms with Crippen LogP contribution in [-0.2, 0) is 19.1 Å². The van der Waals surface area contributed by atoms with Gasteiger partial charge in [0.05, 0.1) is 0 Å². The lowest BCUT2D eigenvalue weighted by Gasteiger charge is -2.31. The molecule has 1 aliphatic rings. The van der Waals surface area contributed by atoms with E-state index in [-0.39, 0.29) is 5.41 Å². The summed E-state index contributed by atoms with van der Waals surface area (Å²) in [5.74, 6) is -1.24. The van der Waals surface area contributed by atoms with E-state index in [1.165, 1.54) is 12.2 Å². The van der Waals surface area contributed by atoms with Gasteiger partial charge in [-0.05, 0) is 12.8 Å². The van der Waals surface area contributed by atoms with Crippen LogP contribution in [0.3, 0.4) is 0 Å². The van der Waals surface area contributed by atoms with Crippen molar-refractivity contribution >= 4 is 11.9 Å². The summed E-state index contributed by atoms with van der Waals surface area (Å²) in [6.45, 7) is -1.32.